The summed E-state index contributed by atoms with van der Waals surface area (Å²) in [6, 6.07) is 17.7. The summed E-state index contributed by atoms with van der Waals surface area (Å²) >= 11 is 0. The van der Waals surface area contributed by atoms with E-state index in [-0.39, 0.29) is 24.0 Å². The highest BCUT2D eigenvalue weighted by Gasteiger charge is 2.24. The van der Waals surface area contributed by atoms with E-state index in [1.807, 2.05) is 30.3 Å². The Morgan fingerprint density at radius 2 is 1.82 bits per heavy atom. The number of hydrogen-bond donors (Lipinski definition) is 0. The first-order chi connectivity index (χ1) is 15.9. The van der Waals surface area contributed by atoms with Crippen LogP contribution in [0, 0.1) is 6.92 Å². The zero-order valence-electron chi connectivity index (χ0n) is 17.9. The van der Waals surface area contributed by atoms with Gasteiger partial charge in [0.05, 0.1) is 39.9 Å². The van der Waals surface area contributed by atoms with Crippen molar-refractivity contribution in [1.29, 1.82) is 0 Å². The molecule has 0 bridgehead atoms. The molecule has 0 aliphatic heterocycles. The van der Waals surface area contributed by atoms with Crippen LogP contribution in [0.5, 0.6) is 0 Å². The lowest BCUT2D eigenvalue weighted by atomic mass is 10.0. The molecule has 33 heavy (non-hydrogen) atoms. The molecule has 7 nitrogen and oxygen atoms in total. The van der Waals surface area contributed by atoms with Crippen LogP contribution >= 0.6 is 0 Å². The van der Waals surface area contributed by atoms with E-state index < -0.39 is 6.55 Å². The molecule has 3 aromatic heterocycles. The molecule has 2 aromatic carbocycles. The van der Waals surface area contributed by atoms with Crippen LogP contribution in [0.2, 0.25) is 0 Å². The molecule has 0 radical (unpaired) electrons. The number of hydrogen-bond acceptors (Lipinski definition) is 5. The Hall–Kier alpha value is -4.14. The van der Waals surface area contributed by atoms with Crippen molar-refractivity contribution in [2.75, 3.05) is 7.05 Å². The van der Waals surface area contributed by atoms with Crippen LogP contribution in [0.25, 0.3) is 33.4 Å². The molecule has 0 aliphatic carbocycles. The Balaban J connectivity index is 1.56. The summed E-state index contributed by atoms with van der Waals surface area (Å²) in [5.74, 6) is -0.281. The van der Waals surface area contributed by atoms with Crippen molar-refractivity contribution in [3.8, 4) is 11.3 Å². The molecule has 0 saturated heterocycles. The van der Waals surface area contributed by atoms with E-state index in [0.29, 0.717) is 33.4 Å². The number of aryl methyl sites for hydroxylation is 1. The fraction of sp³-hybridized carbons (Fsp3) is 0.167. The predicted molar refractivity (Wildman–Crippen MR) is 119 cm³/mol. The maximum absolute atomic E-state index is 13.8. The van der Waals surface area contributed by atoms with Crippen LogP contribution in [0.1, 0.15) is 28.4 Å². The molecule has 3 heterocycles. The monoisotopic (exact) mass is 447 g/mol. The van der Waals surface area contributed by atoms with E-state index in [1.54, 1.807) is 44.3 Å². The molecule has 5 rings (SSSR count). The number of para-hydroxylation sites is 2. The largest absolute Gasteiger partial charge is 0.335 e. The number of benzene rings is 2. The Morgan fingerprint density at radius 3 is 2.58 bits per heavy atom. The first-order valence-electron chi connectivity index (χ1n) is 10.3. The summed E-state index contributed by atoms with van der Waals surface area (Å²) < 4.78 is 33.8. The second-order valence-corrected chi connectivity index (χ2v) is 7.69. The van der Waals surface area contributed by atoms with Crippen molar-refractivity contribution in [1.82, 2.24) is 24.6 Å². The molecule has 1 amide bonds. The third-order valence-corrected chi connectivity index (χ3v) is 5.51. The van der Waals surface area contributed by atoms with Crippen LogP contribution in [-0.2, 0) is 6.54 Å². The van der Waals surface area contributed by atoms with Gasteiger partial charge in [-0.1, -0.05) is 47.6 Å². The van der Waals surface area contributed by atoms with E-state index in [4.69, 9.17) is 4.52 Å². The number of amides is 1. The second kappa shape index (κ2) is 8.09. The van der Waals surface area contributed by atoms with Gasteiger partial charge in [-0.25, -0.2) is 9.97 Å². The average molecular weight is 447 g/mol. The molecule has 0 fully saturated rings. The topological polar surface area (TPSA) is 77.1 Å². The van der Waals surface area contributed by atoms with Crippen LogP contribution in [0.15, 0.2) is 65.2 Å². The minimum absolute atomic E-state index is 0.0951. The maximum atomic E-state index is 13.8. The lowest BCUT2D eigenvalue weighted by molar-refractivity contribution is 0.0647. The van der Waals surface area contributed by atoms with Crippen LogP contribution in [-0.4, -0.2) is 37.5 Å². The minimum Gasteiger partial charge on any atom is -0.335 e. The summed E-state index contributed by atoms with van der Waals surface area (Å²) in [4.78, 5) is 23.7. The van der Waals surface area contributed by atoms with Crippen molar-refractivity contribution < 1.29 is 18.1 Å². The fourth-order valence-corrected chi connectivity index (χ4v) is 3.93. The Labute approximate surface area is 187 Å². The Bertz CT molecular complexity index is 1480. The summed E-state index contributed by atoms with van der Waals surface area (Å²) in [5, 5.41) is 4.45. The van der Waals surface area contributed by atoms with Gasteiger partial charge in [0.15, 0.2) is 0 Å². The minimum atomic E-state index is -2.78. The zero-order valence-corrected chi connectivity index (χ0v) is 17.9. The van der Waals surface area contributed by atoms with Crippen molar-refractivity contribution in [3.63, 3.8) is 0 Å². The number of imidazole rings is 1. The predicted octanol–water partition coefficient (Wildman–Crippen LogP) is 5.22. The molecule has 0 spiro atoms. The van der Waals surface area contributed by atoms with Gasteiger partial charge in [-0.05, 0) is 25.1 Å². The highest BCUT2D eigenvalue weighted by atomic mass is 19.3. The van der Waals surface area contributed by atoms with Crippen LogP contribution in [0.4, 0.5) is 8.78 Å². The van der Waals surface area contributed by atoms with Gasteiger partial charge in [-0.2, -0.15) is 8.78 Å². The third kappa shape index (κ3) is 3.61. The van der Waals surface area contributed by atoms with E-state index in [0.717, 1.165) is 10.1 Å². The van der Waals surface area contributed by atoms with Crippen LogP contribution < -0.4 is 0 Å². The zero-order chi connectivity index (χ0) is 23.1. The molecule has 0 atom stereocenters. The van der Waals surface area contributed by atoms with E-state index in [2.05, 4.69) is 15.1 Å². The number of nitrogens with zero attached hydrogens (tertiary/aromatic N) is 5. The average Bonchev–Trinajstić information content (AvgIpc) is 3.38. The molecule has 0 N–H and O–H groups in total. The van der Waals surface area contributed by atoms with E-state index in [9.17, 15) is 13.6 Å². The van der Waals surface area contributed by atoms with E-state index >= 15 is 0 Å². The van der Waals surface area contributed by atoms with Gasteiger partial charge >= 0.3 is 6.55 Å². The fourth-order valence-electron chi connectivity index (χ4n) is 3.93. The van der Waals surface area contributed by atoms with Gasteiger partial charge in [0, 0.05) is 12.6 Å². The normalized spacial score (nSPS) is 11.5. The number of rotatable bonds is 5. The van der Waals surface area contributed by atoms with Gasteiger partial charge in [0.2, 0.25) is 0 Å². The number of halogens is 2. The SMILES string of the molecule is Cc1noc2nc(-c3ccccc3)cc(C(=O)N(C)Cc3nc4ccccc4n3C(F)F)c12. The molecule has 9 heteroatoms. The third-order valence-electron chi connectivity index (χ3n) is 5.51. The number of alkyl halides is 2. The summed E-state index contributed by atoms with van der Waals surface area (Å²) in [6.07, 6.45) is 0. The van der Waals surface area contributed by atoms with Crippen molar-refractivity contribution in [2.24, 2.45) is 0 Å². The molecule has 166 valence electrons. The number of fused-ring (bicyclic) bond motifs is 2. The van der Waals surface area contributed by atoms with Gasteiger partial charge in [0.25, 0.3) is 11.6 Å². The smallest absolute Gasteiger partial charge is 0.320 e. The molecule has 0 saturated carbocycles. The first-order valence-corrected chi connectivity index (χ1v) is 10.3. The molecule has 0 unspecified atom stereocenters. The van der Waals surface area contributed by atoms with Crippen molar-refractivity contribution in [3.05, 3.63) is 77.7 Å². The number of carbonyl (C=O) groups is 1. The molecule has 5 aromatic rings. The van der Waals surface area contributed by atoms with Gasteiger partial charge in [0.1, 0.15) is 5.82 Å². The highest BCUT2D eigenvalue weighted by Crippen LogP contribution is 2.29. The summed E-state index contributed by atoms with van der Waals surface area (Å²) in [5.41, 5.74) is 3.22. The van der Waals surface area contributed by atoms with Crippen molar-refractivity contribution in [2.45, 2.75) is 20.0 Å². The Morgan fingerprint density at radius 1 is 1.09 bits per heavy atom. The lowest BCUT2D eigenvalue weighted by Gasteiger charge is -2.18. The highest BCUT2D eigenvalue weighted by molar-refractivity contribution is 6.06. The molecule has 0 aliphatic rings. The van der Waals surface area contributed by atoms with Crippen LogP contribution in [0.3, 0.4) is 0 Å². The quantitative estimate of drug-likeness (QED) is 0.369. The molecular formula is C24H19F2N5O2. The number of pyridine rings is 1. The number of carbonyl (C=O) groups excluding carboxylic acids is 1. The number of aromatic nitrogens is 4. The first kappa shape index (κ1) is 20.7. The van der Waals surface area contributed by atoms with E-state index in [1.165, 1.54) is 4.90 Å². The summed E-state index contributed by atoms with van der Waals surface area (Å²) in [6.45, 7) is -1.16. The Kier molecular flexibility index (Phi) is 5.08. The van der Waals surface area contributed by atoms with Crippen molar-refractivity contribution >= 4 is 28.0 Å². The van der Waals surface area contributed by atoms with Gasteiger partial charge < -0.3 is 9.42 Å². The summed E-state index contributed by atoms with van der Waals surface area (Å²) in [7, 11) is 1.55. The second-order valence-electron chi connectivity index (χ2n) is 7.69. The maximum Gasteiger partial charge on any atom is 0.320 e. The lowest BCUT2D eigenvalue weighted by Crippen LogP contribution is -2.28. The standard InChI is InChI=1S/C24H19F2N5O2/c1-14-21-16(12-18(28-22(21)33-29-14)15-8-4-3-5-9-15)23(32)30(2)13-20-27-17-10-6-7-11-19(17)31(20)24(25)26/h3-12,24H,13H2,1-2H3. The van der Waals surface area contributed by atoms with Gasteiger partial charge in [-0.15, -0.1) is 0 Å². The van der Waals surface area contributed by atoms with Gasteiger partial charge in [-0.3, -0.25) is 9.36 Å². The molecular weight excluding hydrogens is 428 g/mol.